The fourth-order valence-electron chi connectivity index (χ4n) is 3.03. The lowest BCUT2D eigenvalue weighted by atomic mass is 10.0. The molecule has 6 heteroatoms. The Morgan fingerprint density at radius 1 is 1.25 bits per heavy atom. The van der Waals surface area contributed by atoms with Crippen LogP contribution in [0.5, 0.6) is 5.75 Å². The topological polar surface area (TPSA) is 82.2 Å². The van der Waals surface area contributed by atoms with E-state index in [0.29, 0.717) is 24.5 Å². The molecule has 0 bridgehead atoms. The lowest BCUT2D eigenvalue weighted by Gasteiger charge is -2.17. The van der Waals surface area contributed by atoms with Crippen LogP contribution in [0.25, 0.3) is 11.1 Å². The molecule has 0 unspecified atom stereocenters. The number of nitrogens with two attached hydrogens (primary N) is 1. The molecule has 0 saturated heterocycles. The third kappa shape index (κ3) is 4.58. The van der Waals surface area contributed by atoms with Crippen molar-refractivity contribution in [1.29, 1.82) is 0 Å². The average Bonchev–Trinajstić information content (AvgIpc) is 3.13. The minimum absolute atomic E-state index is 0.130. The van der Waals surface area contributed by atoms with Gasteiger partial charge in [-0.15, -0.1) is 0 Å². The Morgan fingerprint density at radius 2 is 2.07 bits per heavy atom. The zero-order valence-corrected chi connectivity index (χ0v) is 16.5. The van der Waals surface area contributed by atoms with Gasteiger partial charge in [-0.1, -0.05) is 24.3 Å². The molecule has 2 aromatic carbocycles. The number of amides is 1. The van der Waals surface area contributed by atoms with E-state index in [4.69, 9.17) is 10.5 Å². The molecule has 28 heavy (non-hydrogen) atoms. The van der Waals surface area contributed by atoms with Crippen molar-refractivity contribution in [3.63, 3.8) is 0 Å². The van der Waals surface area contributed by atoms with Crippen molar-refractivity contribution in [2.75, 3.05) is 13.2 Å². The number of aromatic nitrogens is 2. The summed E-state index contributed by atoms with van der Waals surface area (Å²) in [5, 5.41) is 7.30. The number of carbonyl (C=O) groups is 1. The Kier molecular flexibility index (Phi) is 6.11. The van der Waals surface area contributed by atoms with Crippen LogP contribution in [0.1, 0.15) is 34.5 Å². The maximum Gasteiger partial charge on any atom is 0.252 e. The minimum atomic E-state index is -0.142. The highest BCUT2D eigenvalue weighted by Gasteiger charge is 2.15. The van der Waals surface area contributed by atoms with Crippen molar-refractivity contribution in [3.8, 4) is 16.9 Å². The average molecular weight is 378 g/mol. The first kappa shape index (κ1) is 19.6. The molecular weight excluding hydrogens is 352 g/mol. The van der Waals surface area contributed by atoms with Crippen LogP contribution >= 0.6 is 0 Å². The third-order valence-electron chi connectivity index (χ3n) is 4.61. The molecule has 3 aromatic rings. The second-order valence-electron chi connectivity index (χ2n) is 6.84. The Balaban J connectivity index is 1.76. The van der Waals surface area contributed by atoms with Crippen LogP contribution in [0.4, 0.5) is 0 Å². The molecule has 1 atom stereocenters. The summed E-state index contributed by atoms with van der Waals surface area (Å²) in [6.07, 6.45) is 3.80. The zero-order valence-electron chi connectivity index (χ0n) is 16.5. The predicted octanol–water partition coefficient (Wildman–Crippen LogP) is 3.22. The lowest BCUT2D eigenvalue weighted by Crippen LogP contribution is -2.27. The number of ether oxygens (including phenoxy) is 1. The summed E-state index contributed by atoms with van der Waals surface area (Å²) in [4.78, 5) is 12.8. The first-order valence-corrected chi connectivity index (χ1v) is 9.31. The van der Waals surface area contributed by atoms with Crippen LogP contribution in [-0.4, -0.2) is 28.8 Å². The fourth-order valence-corrected chi connectivity index (χ4v) is 3.03. The SMILES string of the molecule is Cc1ccc(OCCN)cc1C(=O)N[C@H](C)c1cccc(-c2cnn(C)c2)c1. The highest BCUT2D eigenvalue weighted by atomic mass is 16.5. The molecule has 3 rings (SSSR count). The van der Waals surface area contributed by atoms with Crippen LogP contribution in [-0.2, 0) is 7.05 Å². The Bertz CT molecular complexity index is 965. The number of aryl methyl sites for hydroxylation is 2. The van der Waals surface area contributed by atoms with E-state index >= 15 is 0 Å². The van der Waals surface area contributed by atoms with Gasteiger partial charge in [0.05, 0.1) is 12.2 Å². The number of benzene rings is 2. The van der Waals surface area contributed by atoms with Crippen LogP contribution in [0.3, 0.4) is 0 Å². The number of hydrogen-bond donors (Lipinski definition) is 2. The zero-order chi connectivity index (χ0) is 20.1. The van der Waals surface area contributed by atoms with Gasteiger partial charge in [0, 0.05) is 30.9 Å². The highest BCUT2D eigenvalue weighted by Crippen LogP contribution is 2.24. The van der Waals surface area contributed by atoms with Gasteiger partial charge in [-0.3, -0.25) is 9.48 Å². The van der Waals surface area contributed by atoms with Gasteiger partial charge in [-0.2, -0.15) is 5.10 Å². The fraction of sp³-hybridized carbons (Fsp3) is 0.273. The van der Waals surface area contributed by atoms with E-state index in [1.165, 1.54) is 0 Å². The van der Waals surface area contributed by atoms with Crippen molar-refractivity contribution in [2.24, 2.45) is 12.8 Å². The predicted molar refractivity (Wildman–Crippen MR) is 110 cm³/mol. The molecule has 0 fully saturated rings. The standard InChI is InChI=1S/C22H26N4O2/c1-15-7-8-20(28-10-9-23)12-21(15)22(27)25-16(2)17-5-4-6-18(11-17)19-13-24-26(3)14-19/h4-8,11-14,16H,9-10,23H2,1-3H3,(H,25,27)/t16-/m1/s1. The molecule has 1 aromatic heterocycles. The van der Waals surface area contributed by atoms with Crippen molar-refractivity contribution in [1.82, 2.24) is 15.1 Å². The Morgan fingerprint density at radius 3 is 2.79 bits per heavy atom. The van der Waals surface area contributed by atoms with E-state index < -0.39 is 0 Å². The number of nitrogens with one attached hydrogen (secondary N) is 1. The van der Waals surface area contributed by atoms with Gasteiger partial charge in [-0.05, 0) is 48.7 Å². The van der Waals surface area contributed by atoms with E-state index in [1.807, 2.05) is 63.6 Å². The van der Waals surface area contributed by atoms with Crippen LogP contribution in [0.2, 0.25) is 0 Å². The molecule has 1 amide bonds. The molecule has 0 radical (unpaired) electrons. The summed E-state index contributed by atoms with van der Waals surface area (Å²) in [5.74, 6) is 0.516. The summed E-state index contributed by atoms with van der Waals surface area (Å²) in [5.41, 5.74) is 10.1. The molecular formula is C22H26N4O2. The largest absolute Gasteiger partial charge is 0.492 e. The van der Waals surface area contributed by atoms with Crippen molar-refractivity contribution in [2.45, 2.75) is 19.9 Å². The van der Waals surface area contributed by atoms with Crippen LogP contribution in [0.15, 0.2) is 54.9 Å². The van der Waals surface area contributed by atoms with Crippen LogP contribution < -0.4 is 15.8 Å². The minimum Gasteiger partial charge on any atom is -0.492 e. The summed E-state index contributed by atoms with van der Waals surface area (Å²) in [6, 6.07) is 13.5. The number of nitrogens with zero attached hydrogens (tertiary/aromatic N) is 2. The molecule has 0 aliphatic carbocycles. The molecule has 0 aliphatic rings. The van der Waals surface area contributed by atoms with Gasteiger partial charge in [-0.25, -0.2) is 0 Å². The van der Waals surface area contributed by atoms with Crippen molar-refractivity contribution >= 4 is 5.91 Å². The van der Waals surface area contributed by atoms with E-state index in [1.54, 1.807) is 10.7 Å². The van der Waals surface area contributed by atoms with Gasteiger partial charge in [0.25, 0.3) is 5.91 Å². The smallest absolute Gasteiger partial charge is 0.252 e. The number of hydrogen-bond acceptors (Lipinski definition) is 4. The van der Waals surface area contributed by atoms with E-state index in [9.17, 15) is 4.79 Å². The normalized spacial score (nSPS) is 11.9. The van der Waals surface area contributed by atoms with Crippen molar-refractivity contribution in [3.05, 3.63) is 71.5 Å². The Hall–Kier alpha value is -3.12. The van der Waals surface area contributed by atoms with Gasteiger partial charge >= 0.3 is 0 Å². The Labute approximate surface area is 165 Å². The van der Waals surface area contributed by atoms with Gasteiger partial charge in [0.15, 0.2) is 0 Å². The van der Waals surface area contributed by atoms with Crippen LogP contribution in [0, 0.1) is 6.92 Å². The highest BCUT2D eigenvalue weighted by molar-refractivity contribution is 5.96. The molecule has 3 N–H and O–H groups in total. The monoisotopic (exact) mass is 378 g/mol. The first-order valence-electron chi connectivity index (χ1n) is 9.31. The molecule has 6 nitrogen and oxygen atoms in total. The van der Waals surface area contributed by atoms with Gasteiger partial charge in [0.2, 0.25) is 0 Å². The summed E-state index contributed by atoms with van der Waals surface area (Å²) in [6.45, 7) is 4.74. The van der Waals surface area contributed by atoms with E-state index in [-0.39, 0.29) is 11.9 Å². The van der Waals surface area contributed by atoms with Gasteiger partial charge < -0.3 is 15.8 Å². The molecule has 0 spiro atoms. The van der Waals surface area contributed by atoms with Gasteiger partial charge in [0.1, 0.15) is 12.4 Å². The summed E-state index contributed by atoms with van der Waals surface area (Å²) >= 11 is 0. The second kappa shape index (κ2) is 8.71. The first-order chi connectivity index (χ1) is 13.5. The van der Waals surface area contributed by atoms with Crippen molar-refractivity contribution < 1.29 is 9.53 Å². The number of carbonyl (C=O) groups excluding carboxylic acids is 1. The van der Waals surface area contributed by atoms with E-state index in [2.05, 4.69) is 16.5 Å². The second-order valence-corrected chi connectivity index (χ2v) is 6.84. The maximum absolute atomic E-state index is 12.8. The summed E-state index contributed by atoms with van der Waals surface area (Å²) in [7, 11) is 1.89. The lowest BCUT2D eigenvalue weighted by molar-refractivity contribution is 0.0939. The third-order valence-corrected chi connectivity index (χ3v) is 4.61. The molecule has 0 aliphatic heterocycles. The number of rotatable bonds is 7. The quantitative estimate of drug-likeness (QED) is 0.661. The maximum atomic E-state index is 12.8. The molecule has 1 heterocycles. The molecule has 146 valence electrons. The molecule has 0 saturated carbocycles. The van der Waals surface area contributed by atoms with E-state index in [0.717, 1.165) is 22.3 Å². The summed E-state index contributed by atoms with van der Waals surface area (Å²) < 4.78 is 7.32.